The molecule has 2 aromatic heterocycles. The van der Waals surface area contributed by atoms with E-state index in [0.29, 0.717) is 0 Å². The van der Waals surface area contributed by atoms with Gasteiger partial charge in [0.15, 0.2) is 0 Å². The molecular formula is C40H46N8O. The van der Waals surface area contributed by atoms with E-state index in [4.69, 9.17) is 10.1 Å². The van der Waals surface area contributed by atoms with Crippen LogP contribution in [0.3, 0.4) is 0 Å². The van der Waals surface area contributed by atoms with Crippen molar-refractivity contribution in [2.24, 2.45) is 19.1 Å². The molecule has 3 aliphatic rings. The van der Waals surface area contributed by atoms with Gasteiger partial charge in [-0.25, -0.2) is 4.99 Å². The van der Waals surface area contributed by atoms with E-state index in [1.54, 1.807) is 0 Å². The number of rotatable bonds is 8. The SMILES string of the molecule is CCCc1cc(C(=O)N(C)C2CCN(C)CC2)ccc1NC1=C/C=C/C2=C(/C=N\1)CCc1nn(C)c(-c3ccc(-c4cnn(C)c4)cc3)c12. The van der Waals surface area contributed by atoms with Crippen molar-refractivity contribution in [2.45, 2.75) is 51.5 Å². The first-order valence-corrected chi connectivity index (χ1v) is 17.5. The number of carbonyl (C=O) groups excluding carboxylic acids is 1. The minimum Gasteiger partial charge on any atom is -0.340 e. The number of carbonyl (C=O) groups is 1. The Morgan fingerprint density at radius 2 is 1.78 bits per heavy atom. The van der Waals surface area contributed by atoms with Crippen LogP contribution in [0.5, 0.6) is 0 Å². The first-order chi connectivity index (χ1) is 23.8. The predicted molar refractivity (Wildman–Crippen MR) is 198 cm³/mol. The van der Waals surface area contributed by atoms with Gasteiger partial charge in [0.05, 0.1) is 17.6 Å². The lowest BCUT2D eigenvalue weighted by atomic mass is 9.86. The number of aryl methyl sites for hydroxylation is 4. The van der Waals surface area contributed by atoms with Crippen molar-refractivity contribution in [3.8, 4) is 22.4 Å². The van der Waals surface area contributed by atoms with Crippen molar-refractivity contribution in [2.75, 3.05) is 32.5 Å². The molecule has 1 saturated heterocycles. The maximum atomic E-state index is 13.5. The van der Waals surface area contributed by atoms with Crippen molar-refractivity contribution in [3.05, 3.63) is 107 Å². The third kappa shape index (κ3) is 6.68. The van der Waals surface area contributed by atoms with Crippen LogP contribution >= 0.6 is 0 Å². The molecule has 1 fully saturated rings. The summed E-state index contributed by atoms with van der Waals surface area (Å²) in [5, 5.41) is 12.9. The number of amides is 1. The Morgan fingerprint density at radius 3 is 2.51 bits per heavy atom. The van der Waals surface area contributed by atoms with Gasteiger partial charge < -0.3 is 15.1 Å². The molecule has 0 unspecified atom stereocenters. The van der Waals surface area contributed by atoms with E-state index in [1.807, 2.05) is 72.2 Å². The largest absolute Gasteiger partial charge is 0.340 e. The minimum absolute atomic E-state index is 0.0972. The second-order valence-corrected chi connectivity index (χ2v) is 13.6. The number of benzene rings is 2. The van der Waals surface area contributed by atoms with Gasteiger partial charge in [-0.15, -0.1) is 0 Å². The molecule has 252 valence electrons. The first kappa shape index (κ1) is 32.5. The van der Waals surface area contributed by atoms with Gasteiger partial charge in [-0.2, -0.15) is 10.2 Å². The molecule has 49 heavy (non-hydrogen) atoms. The molecule has 7 rings (SSSR count). The number of hydrogen-bond acceptors (Lipinski definition) is 6. The van der Waals surface area contributed by atoms with Gasteiger partial charge in [0, 0.05) is 67.5 Å². The fourth-order valence-electron chi connectivity index (χ4n) is 7.35. The number of allylic oxidation sites excluding steroid dienone is 5. The van der Waals surface area contributed by atoms with Crippen LogP contribution in [0.15, 0.2) is 89.5 Å². The normalized spacial score (nSPS) is 18.9. The smallest absolute Gasteiger partial charge is 0.253 e. The number of likely N-dealkylation sites (tertiary alicyclic amines) is 1. The van der Waals surface area contributed by atoms with E-state index in [-0.39, 0.29) is 11.9 Å². The highest BCUT2D eigenvalue weighted by molar-refractivity contribution is 6.00. The monoisotopic (exact) mass is 654 g/mol. The molecule has 0 saturated carbocycles. The van der Waals surface area contributed by atoms with E-state index >= 15 is 0 Å². The fourth-order valence-corrected chi connectivity index (χ4v) is 7.35. The van der Waals surface area contributed by atoms with Crippen molar-refractivity contribution in [3.63, 3.8) is 0 Å². The first-order valence-electron chi connectivity index (χ1n) is 17.5. The summed E-state index contributed by atoms with van der Waals surface area (Å²) in [5.41, 5.74) is 12.0. The van der Waals surface area contributed by atoms with E-state index in [0.717, 1.165) is 102 Å². The van der Waals surface area contributed by atoms with Crippen LogP contribution in [0.25, 0.3) is 28.0 Å². The number of piperidine rings is 1. The van der Waals surface area contributed by atoms with E-state index in [2.05, 4.69) is 71.8 Å². The molecule has 0 bridgehead atoms. The Bertz CT molecular complexity index is 1980. The number of nitrogens with one attached hydrogen (secondary N) is 1. The summed E-state index contributed by atoms with van der Waals surface area (Å²) in [6.07, 6.45) is 17.9. The van der Waals surface area contributed by atoms with Crippen molar-refractivity contribution in [1.82, 2.24) is 29.4 Å². The molecule has 0 atom stereocenters. The Kier molecular flexibility index (Phi) is 9.19. The number of aliphatic imine (C=N–C) groups is 1. The summed E-state index contributed by atoms with van der Waals surface area (Å²) >= 11 is 0. The summed E-state index contributed by atoms with van der Waals surface area (Å²) in [7, 11) is 8.07. The molecule has 4 aromatic rings. The summed E-state index contributed by atoms with van der Waals surface area (Å²) < 4.78 is 3.84. The lowest BCUT2D eigenvalue weighted by molar-refractivity contribution is 0.0659. The summed E-state index contributed by atoms with van der Waals surface area (Å²) in [4.78, 5) is 22.7. The van der Waals surface area contributed by atoms with E-state index in [1.165, 1.54) is 16.7 Å². The zero-order valence-corrected chi connectivity index (χ0v) is 29.3. The molecule has 4 heterocycles. The third-order valence-electron chi connectivity index (χ3n) is 10.1. The highest BCUT2D eigenvalue weighted by atomic mass is 16.2. The molecule has 0 spiro atoms. The van der Waals surface area contributed by atoms with Crippen LogP contribution in [0.1, 0.15) is 59.8 Å². The van der Waals surface area contributed by atoms with Crippen LogP contribution in [0.4, 0.5) is 5.69 Å². The topological polar surface area (TPSA) is 83.6 Å². The average molecular weight is 655 g/mol. The van der Waals surface area contributed by atoms with Crippen LogP contribution in [-0.2, 0) is 26.9 Å². The Morgan fingerprint density at radius 1 is 1.00 bits per heavy atom. The number of anilines is 1. The zero-order valence-electron chi connectivity index (χ0n) is 29.3. The molecular weight excluding hydrogens is 608 g/mol. The number of fused-ring (bicyclic) bond motifs is 2. The van der Waals surface area contributed by atoms with Gasteiger partial charge in [0.1, 0.15) is 5.82 Å². The number of nitrogens with zero attached hydrogens (tertiary/aromatic N) is 7. The quantitative estimate of drug-likeness (QED) is 0.224. The standard InChI is InChI=1S/C40H46N8O/c1-6-8-29-23-30(40(49)47(4)33-19-21-45(2)22-20-33)15-17-35(29)43-37-10-7-9-34-31(24-41-37)16-18-36-38(34)39(48(5)44-36)28-13-11-27(12-14-28)32-25-42-46(3)26-32/h7,9-15,17,23-26,33H,6,8,16,18-22H2,1-5H3,(H,41,43). The zero-order chi connectivity index (χ0) is 34.1. The minimum atomic E-state index is 0.0972. The maximum Gasteiger partial charge on any atom is 0.253 e. The Hall–Kier alpha value is -5.02. The number of hydrogen-bond donors (Lipinski definition) is 1. The lowest BCUT2D eigenvalue weighted by Gasteiger charge is -2.35. The lowest BCUT2D eigenvalue weighted by Crippen LogP contribution is -2.44. The molecule has 0 radical (unpaired) electrons. The molecule has 1 N–H and O–H groups in total. The van der Waals surface area contributed by atoms with Gasteiger partial charge in [-0.1, -0.05) is 49.8 Å². The van der Waals surface area contributed by atoms with Crippen molar-refractivity contribution < 1.29 is 4.79 Å². The van der Waals surface area contributed by atoms with Crippen LogP contribution in [0.2, 0.25) is 0 Å². The molecule has 1 aliphatic carbocycles. The van der Waals surface area contributed by atoms with Gasteiger partial charge in [0.2, 0.25) is 0 Å². The van der Waals surface area contributed by atoms with Crippen LogP contribution in [0, 0.1) is 0 Å². The van der Waals surface area contributed by atoms with Gasteiger partial charge in [-0.05, 0) is 98.8 Å². The maximum absolute atomic E-state index is 13.5. The second kappa shape index (κ2) is 13.8. The highest BCUT2D eigenvalue weighted by Crippen LogP contribution is 2.39. The molecule has 1 amide bonds. The van der Waals surface area contributed by atoms with Gasteiger partial charge >= 0.3 is 0 Å². The van der Waals surface area contributed by atoms with Gasteiger partial charge in [-0.3, -0.25) is 14.2 Å². The van der Waals surface area contributed by atoms with Crippen LogP contribution < -0.4 is 5.32 Å². The van der Waals surface area contributed by atoms with Crippen molar-refractivity contribution in [1.29, 1.82) is 0 Å². The van der Waals surface area contributed by atoms with Gasteiger partial charge in [0.25, 0.3) is 5.91 Å². The summed E-state index contributed by atoms with van der Waals surface area (Å²) in [5.74, 6) is 0.866. The molecule has 2 aromatic carbocycles. The number of aromatic nitrogens is 4. The molecule has 2 aliphatic heterocycles. The summed E-state index contributed by atoms with van der Waals surface area (Å²) in [6, 6.07) is 15.0. The Labute approximate surface area is 289 Å². The second-order valence-electron chi connectivity index (χ2n) is 13.6. The molecule has 9 heteroatoms. The molecule has 9 nitrogen and oxygen atoms in total. The van der Waals surface area contributed by atoms with E-state index in [9.17, 15) is 4.79 Å². The highest BCUT2D eigenvalue weighted by Gasteiger charge is 2.27. The average Bonchev–Trinajstić information content (AvgIpc) is 3.69. The Balaban J connectivity index is 1.11. The predicted octanol–water partition coefficient (Wildman–Crippen LogP) is 6.90. The summed E-state index contributed by atoms with van der Waals surface area (Å²) in [6.45, 7) is 4.23. The fraction of sp³-hybridized carbons (Fsp3) is 0.350. The van der Waals surface area contributed by atoms with Crippen LogP contribution in [-0.4, -0.2) is 74.7 Å². The third-order valence-corrected chi connectivity index (χ3v) is 10.1. The van der Waals surface area contributed by atoms with E-state index < -0.39 is 0 Å². The van der Waals surface area contributed by atoms with Crippen molar-refractivity contribution >= 4 is 23.4 Å².